The molecule has 1 aliphatic heterocycles. The summed E-state index contributed by atoms with van der Waals surface area (Å²) in [5.74, 6) is -0.363. The van der Waals surface area contributed by atoms with E-state index >= 15 is 0 Å². The van der Waals surface area contributed by atoms with Crippen molar-refractivity contribution in [1.29, 1.82) is 0 Å². The topological polar surface area (TPSA) is 42.4 Å². The van der Waals surface area contributed by atoms with Crippen LogP contribution in [0.25, 0.3) is 16.3 Å². The molecule has 1 aliphatic rings. The molecule has 0 aliphatic carbocycles. The van der Waals surface area contributed by atoms with Gasteiger partial charge in [0.2, 0.25) is 0 Å². The van der Waals surface area contributed by atoms with Crippen molar-refractivity contribution in [3.63, 3.8) is 0 Å². The second-order valence-corrected chi connectivity index (χ2v) is 7.52. The highest BCUT2D eigenvalue weighted by Crippen LogP contribution is 2.27. The average Bonchev–Trinajstić information content (AvgIpc) is 2.53. The molecule has 6 heteroatoms. The predicted octanol–water partition coefficient (Wildman–Crippen LogP) is 5.05. The van der Waals surface area contributed by atoms with Crippen LogP contribution < -0.4 is 0 Å². The Bertz CT molecular complexity index is 858. The van der Waals surface area contributed by atoms with Crippen LogP contribution in [0.3, 0.4) is 0 Å². The van der Waals surface area contributed by atoms with Gasteiger partial charge in [0, 0.05) is 35.1 Å². The van der Waals surface area contributed by atoms with Crippen molar-refractivity contribution in [3.8, 4) is 0 Å². The van der Waals surface area contributed by atoms with Gasteiger partial charge in [-0.05, 0) is 51.0 Å². The average molecular weight is 363 g/mol. The van der Waals surface area contributed by atoms with Crippen LogP contribution in [0.2, 0.25) is 5.02 Å². The molecule has 2 aromatic rings. The standard InChI is InChI=1S/C19H20ClFN2O2/c1-19(2,3)25-18(24)23-6-4-12(5-7-23)17-10-15-13(11-22-17)8-14(20)9-16(15)21/h4,8-11H,5-7H2,1-3H3. The van der Waals surface area contributed by atoms with Gasteiger partial charge in [0.1, 0.15) is 11.4 Å². The van der Waals surface area contributed by atoms with E-state index in [0.29, 0.717) is 35.3 Å². The number of nitrogens with zero attached hydrogens (tertiary/aromatic N) is 2. The number of hydrogen-bond acceptors (Lipinski definition) is 3. The Morgan fingerprint density at radius 3 is 2.72 bits per heavy atom. The molecule has 1 aromatic carbocycles. The molecular formula is C19H20ClFN2O2. The van der Waals surface area contributed by atoms with Crippen molar-refractivity contribution in [1.82, 2.24) is 9.88 Å². The molecule has 0 radical (unpaired) electrons. The van der Waals surface area contributed by atoms with E-state index in [4.69, 9.17) is 16.3 Å². The molecule has 0 saturated heterocycles. The molecule has 2 heterocycles. The maximum atomic E-state index is 14.1. The van der Waals surface area contributed by atoms with Crippen molar-refractivity contribution in [2.24, 2.45) is 0 Å². The fraction of sp³-hybridized carbons (Fsp3) is 0.368. The zero-order valence-corrected chi connectivity index (χ0v) is 15.2. The molecule has 0 unspecified atom stereocenters. The fourth-order valence-corrected chi connectivity index (χ4v) is 2.96. The zero-order valence-electron chi connectivity index (χ0n) is 14.5. The molecule has 0 bridgehead atoms. The Morgan fingerprint density at radius 2 is 2.08 bits per heavy atom. The third-order valence-corrected chi connectivity index (χ3v) is 4.16. The number of pyridine rings is 1. The van der Waals surface area contributed by atoms with E-state index in [9.17, 15) is 9.18 Å². The quantitative estimate of drug-likeness (QED) is 0.712. The highest BCUT2D eigenvalue weighted by Gasteiger charge is 2.24. The summed E-state index contributed by atoms with van der Waals surface area (Å²) in [6, 6.07) is 4.72. The molecule has 4 nitrogen and oxygen atoms in total. The first kappa shape index (κ1) is 17.7. The van der Waals surface area contributed by atoms with E-state index in [0.717, 1.165) is 11.3 Å². The number of aromatic nitrogens is 1. The summed E-state index contributed by atoms with van der Waals surface area (Å²) in [5.41, 5.74) is 1.20. The summed E-state index contributed by atoms with van der Waals surface area (Å²) in [6.07, 6.45) is 3.89. The largest absolute Gasteiger partial charge is 0.444 e. The van der Waals surface area contributed by atoms with Gasteiger partial charge in [-0.15, -0.1) is 0 Å². The van der Waals surface area contributed by atoms with Gasteiger partial charge in [-0.3, -0.25) is 4.98 Å². The number of amides is 1. The fourth-order valence-electron chi connectivity index (χ4n) is 2.75. The van der Waals surface area contributed by atoms with Crippen LogP contribution in [0.15, 0.2) is 30.5 Å². The monoisotopic (exact) mass is 362 g/mol. The molecule has 0 saturated carbocycles. The lowest BCUT2D eigenvalue weighted by molar-refractivity contribution is 0.0270. The van der Waals surface area contributed by atoms with Crippen molar-refractivity contribution in [2.75, 3.05) is 13.1 Å². The van der Waals surface area contributed by atoms with Crippen molar-refractivity contribution < 1.29 is 13.9 Å². The Hall–Kier alpha value is -2.14. The molecule has 25 heavy (non-hydrogen) atoms. The Kier molecular flexibility index (Phi) is 4.69. The summed E-state index contributed by atoms with van der Waals surface area (Å²) in [4.78, 5) is 18.2. The summed E-state index contributed by atoms with van der Waals surface area (Å²) >= 11 is 5.88. The van der Waals surface area contributed by atoms with Gasteiger partial charge in [-0.2, -0.15) is 0 Å². The lowest BCUT2D eigenvalue weighted by Crippen LogP contribution is -2.39. The molecule has 0 spiro atoms. The van der Waals surface area contributed by atoms with Gasteiger partial charge in [-0.1, -0.05) is 17.7 Å². The van der Waals surface area contributed by atoms with E-state index in [-0.39, 0.29) is 11.9 Å². The smallest absolute Gasteiger partial charge is 0.410 e. The summed E-state index contributed by atoms with van der Waals surface area (Å²) in [5, 5.41) is 1.51. The minimum Gasteiger partial charge on any atom is -0.444 e. The van der Waals surface area contributed by atoms with E-state index in [1.54, 1.807) is 23.2 Å². The molecular weight excluding hydrogens is 343 g/mol. The maximum absolute atomic E-state index is 14.1. The Balaban J connectivity index is 1.80. The van der Waals surface area contributed by atoms with Crippen LogP contribution in [0.1, 0.15) is 32.9 Å². The van der Waals surface area contributed by atoms with Crippen molar-refractivity contribution in [3.05, 3.63) is 47.0 Å². The third kappa shape index (κ3) is 4.10. The first-order valence-electron chi connectivity index (χ1n) is 8.15. The molecule has 132 valence electrons. The predicted molar refractivity (Wildman–Crippen MR) is 97.1 cm³/mol. The van der Waals surface area contributed by atoms with Crippen LogP contribution in [0.5, 0.6) is 0 Å². The maximum Gasteiger partial charge on any atom is 0.410 e. The molecule has 0 atom stereocenters. The summed E-state index contributed by atoms with van der Waals surface area (Å²) in [7, 11) is 0. The lowest BCUT2D eigenvalue weighted by atomic mass is 10.0. The van der Waals surface area contributed by atoms with Gasteiger partial charge in [-0.25, -0.2) is 9.18 Å². The zero-order chi connectivity index (χ0) is 18.2. The minimum absolute atomic E-state index is 0.324. The number of carbonyl (C=O) groups is 1. The Labute approximate surface area is 151 Å². The number of rotatable bonds is 1. The normalized spacial score (nSPS) is 15.2. The highest BCUT2D eigenvalue weighted by atomic mass is 35.5. The number of benzene rings is 1. The van der Waals surface area contributed by atoms with Gasteiger partial charge >= 0.3 is 6.09 Å². The van der Waals surface area contributed by atoms with Crippen LogP contribution in [-0.4, -0.2) is 34.7 Å². The second-order valence-electron chi connectivity index (χ2n) is 7.08. The molecule has 0 N–H and O–H groups in total. The van der Waals surface area contributed by atoms with E-state index in [2.05, 4.69) is 4.98 Å². The van der Waals surface area contributed by atoms with Gasteiger partial charge < -0.3 is 9.64 Å². The number of fused-ring (bicyclic) bond motifs is 1. The summed E-state index contributed by atoms with van der Waals surface area (Å²) in [6.45, 7) is 6.53. The van der Waals surface area contributed by atoms with Gasteiger partial charge in [0.05, 0.1) is 5.69 Å². The van der Waals surface area contributed by atoms with E-state index in [1.165, 1.54) is 6.07 Å². The van der Waals surface area contributed by atoms with Gasteiger partial charge in [0.25, 0.3) is 0 Å². The number of ether oxygens (including phenoxy) is 1. The number of hydrogen-bond donors (Lipinski definition) is 0. The Morgan fingerprint density at radius 1 is 1.32 bits per heavy atom. The molecule has 0 fully saturated rings. The molecule has 3 rings (SSSR count). The number of halogens is 2. The van der Waals surface area contributed by atoms with Gasteiger partial charge in [0.15, 0.2) is 0 Å². The number of carbonyl (C=O) groups excluding carboxylic acids is 1. The third-order valence-electron chi connectivity index (χ3n) is 3.94. The van der Waals surface area contributed by atoms with Crippen LogP contribution in [-0.2, 0) is 4.74 Å². The summed E-state index contributed by atoms with van der Waals surface area (Å²) < 4.78 is 19.5. The van der Waals surface area contributed by atoms with Crippen LogP contribution in [0, 0.1) is 5.82 Å². The SMILES string of the molecule is CC(C)(C)OC(=O)N1CC=C(c2cc3c(F)cc(Cl)cc3cn2)CC1. The second kappa shape index (κ2) is 6.64. The first-order chi connectivity index (χ1) is 11.7. The highest BCUT2D eigenvalue weighted by molar-refractivity contribution is 6.31. The van der Waals surface area contributed by atoms with Crippen LogP contribution >= 0.6 is 11.6 Å². The van der Waals surface area contributed by atoms with E-state index in [1.807, 2.05) is 26.8 Å². The van der Waals surface area contributed by atoms with E-state index < -0.39 is 5.60 Å². The van der Waals surface area contributed by atoms with Crippen LogP contribution in [0.4, 0.5) is 9.18 Å². The molecule has 1 amide bonds. The lowest BCUT2D eigenvalue weighted by Gasteiger charge is -2.29. The minimum atomic E-state index is -0.514. The first-order valence-corrected chi connectivity index (χ1v) is 8.53. The molecule has 1 aromatic heterocycles. The van der Waals surface area contributed by atoms with Crippen molar-refractivity contribution in [2.45, 2.75) is 32.8 Å². The van der Waals surface area contributed by atoms with Crippen molar-refractivity contribution >= 4 is 34.0 Å².